The molecule has 1 fully saturated rings. The Kier molecular flexibility index (Phi) is 4.26. The first kappa shape index (κ1) is 15.5. The summed E-state index contributed by atoms with van der Waals surface area (Å²) in [7, 11) is -0.908. The van der Waals surface area contributed by atoms with E-state index >= 15 is 0 Å². The van der Waals surface area contributed by atoms with E-state index in [0.717, 1.165) is 6.42 Å². The van der Waals surface area contributed by atoms with Crippen LogP contribution in [-0.4, -0.2) is 27.0 Å². The van der Waals surface area contributed by atoms with Crippen LogP contribution in [0.2, 0.25) is 0 Å². The van der Waals surface area contributed by atoms with Crippen LogP contribution in [0.4, 0.5) is 0 Å². The Morgan fingerprint density at radius 1 is 1.15 bits per heavy atom. The minimum absolute atomic E-state index is 0.130. The van der Waals surface area contributed by atoms with Crippen LogP contribution in [0.15, 0.2) is 6.07 Å². The molecule has 20 heavy (non-hydrogen) atoms. The molecule has 1 aliphatic rings. The molecule has 1 aromatic rings. The van der Waals surface area contributed by atoms with Gasteiger partial charge in [0.2, 0.25) is 0 Å². The van der Waals surface area contributed by atoms with Crippen LogP contribution in [-0.2, 0) is 9.84 Å². The largest absolute Gasteiger partial charge is 0.313 e. The smallest absolute Gasteiger partial charge is 0.150 e. The topological polar surface area (TPSA) is 46.2 Å². The summed E-state index contributed by atoms with van der Waals surface area (Å²) in [6, 6.07) is 2.35. The molecule has 4 heteroatoms. The van der Waals surface area contributed by atoms with Crippen LogP contribution in [0.5, 0.6) is 0 Å². The Balaban J connectivity index is 2.48. The van der Waals surface area contributed by atoms with Crippen molar-refractivity contribution in [2.45, 2.75) is 40.2 Å². The SMILES string of the molecule is CNC(c1c(C)c(C)cc(C)c1C)C1CCS(=O)(=O)C1. The second-order valence-corrected chi connectivity index (χ2v) is 8.33. The van der Waals surface area contributed by atoms with Crippen molar-refractivity contribution in [3.8, 4) is 0 Å². The van der Waals surface area contributed by atoms with Crippen molar-refractivity contribution in [2.75, 3.05) is 18.6 Å². The second-order valence-electron chi connectivity index (χ2n) is 6.10. The summed E-state index contributed by atoms with van der Waals surface area (Å²) in [4.78, 5) is 0. The molecular formula is C16H25NO2S. The first-order valence-corrected chi connectivity index (χ1v) is 9.04. The van der Waals surface area contributed by atoms with Gasteiger partial charge in [0.15, 0.2) is 9.84 Å². The molecule has 2 rings (SSSR count). The first-order valence-electron chi connectivity index (χ1n) is 7.22. The van der Waals surface area contributed by atoms with Crippen LogP contribution < -0.4 is 5.32 Å². The standard InChI is InChI=1S/C16H25NO2S/c1-10-8-11(2)13(4)15(12(10)3)16(17-5)14-6-7-20(18,19)9-14/h8,14,16-17H,6-7,9H2,1-5H3. The van der Waals surface area contributed by atoms with Gasteiger partial charge in [0, 0.05) is 6.04 Å². The van der Waals surface area contributed by atoms with Gasteiger partial charge in [-0.3, -0.25) is 0 Å². The molecule has 3 nitrogen and oxygen atoms in total. The summed E-state index contributed by atoms with van der Waals surface area (Å²) in [5.74, 6) is 0.826. The summed E-state index contributed by atoms with van der Waals surface area (Å²) >= 11 is 0. The summed E-state index contributed by atoms with van der Waals surface area (Å²) in [6.07, 6.45) is 0.764. The highest BCUT2D eigenvalue weighted by Gasteiger charge is 2.35. The maximum absolute atomic E-state index is 11.8. The fraction of sp³-hybridized carbons (Fsp3) is 0.625. The number of benzene rings is 1. The third kappa shape index (κ3) is 2.77. The van der Waals surface area contributed by atoms with E-state index in [4.69, 9.17) is 0 Å². The molecule has 0 radical (unpaired) electrons. The molecule has 1 aliphatic heterocycles. The molecule has 0 aliphatic carbocycles. The normalized spacial score (nSPS) is 22.9. The van der Waals surface area contributed by atoms with Crippen LogP contribution in [0.25, 0.3) is 0 Å². The van der Waals surface area contributed by atoms with E-state index in [-0.39, 0.29) is 12.0 Å². The van der Waals surface area contributed by atoms with Gasteiger partial charge in [-0.15, -0.1) is 0 Å². The molecule has 1 heterocycles. The van der Waals surface area contributed by atoms with Gasteiger partial charge < -0.3 is 5.32 Å². The number of rotatable bonds is 3. The van der Waals surface area contributed by atoms with Gasteiger partial charge in [0.1, 0.15) is 0 Å². The molecule has 1 N–H and O–H groups in total. The van der Waals surface area contributed by atoms with Crippen molar-refractivity contribution in [3.63, 3.8) is 0 Å². The first-order chi connectivity index (χ1) is 9.26. The zero-order valence-corrected chi connectivity index (χ0v) is 13.9. The lowest BCUT2D eigenvalue weighted by molar-refractivity contribution is 0.415. The quantitative estimate of drug-likeness (QED) is 0.932. The van der Waals surface area contributed by atoms with Gasteiger partial charge in [-0.05, 0) is 74.9 Å². The Labute approximate surface area is 122 Å². The summed E-state index contributed by atoms with van der Waals surface area (Å²) in [5, 5.41) is 3.37. The van der Waals surface area contributed by atoms with Crippen molar-refractivity contribution in [3.05, 3.63) is 33.9 Å². The van der Waals surface area contributed by atoms with Crippen molar-refractivity contribution in [2.24, 2.45) is 5.92 Å². The third-order valence-corrected chi connectivity index (χ3v) is 6.58. The van der Waals surface area contributed by atoms with Crippen LogP contribution in [0, 0.1) is 33.6 Å². The Morgan fingerprint density at radius 2 is 1.70 bits per heavy atom. The summed E-state index contributed by atoms with van der Waals surface area (Å²) in [5.41, 5.74) is 6.44. The van der Waals surface area contributed by atoms with Gasteiger partial charge >= 0.3 is 0 Å². The highest BCUT2D eigenvalue weighted by molar-refractivity contribution is 7.91. The average molecular weight is 295 g/mol. The van der Waals surface area contributed by atoms with E-state index in [9.17, 15) is 8.42 Å². The minimum Gasteiger partial charge on any atom is -0.313 e. The predicted molar refractivity (Wildman–Crippen MR) is 84.0 cm³/mol. The van der Waals surface area contributed by atoms with Gasteiger partial charge in [-0.25, -0.2) is 8.42 Å². The number of nitrogens with one attached hydrogen (secondary N) is 1. The molecule has 1 aromatic carbocycles. The predicted octanol–water partition coefficient (Wildman–Crippen LogP) is 2.62. The van der Waals surface area contributed by atoms with E-state index in [1.54, 1.807) is 0 Å². The van der Waals surface area contributed by atoms with Crippen molar-refractivity contribution in [1.82, 2.24) is 5.32 Å². The van der Waals surface area contributed by atoms with E-state index in [1.807, 2.05) is 7.05 Å². The summed E-state index contributed by atoms with van der Waals surface area (Å²) in [6.45, 7) is 8.54. The van der Waals surface area contributed by atoms with E-state index in [2.05, 4.69) is 39.1 Å². The average Bonchev–Trinajstić information content (AvgIpc) is 2.72. The lowest BCUT2D eigenvalue weighted by atomic mass is 9.84. The lowest BCUT2D eigenvalue weighted by Crippen LogP contribution is -2.28. The van der Waals surface area contributed by atoms with Crippen molar-refractivity contribution < 1.29 is 8.42 Å². The van der Waals surface area contributed by atoms with Gasteiger partial charge in [-0.2, -0.15) is 0 Å². The lowest BCUT2D eigenvalue weighted by Gasteiger charge is -2.28. The molecule has 2 unspecified atom stereocenters. The maximum Gasteiger partial charge on any atom is 0.150 e. The van der Waals surface area contributed by atoms with Gasteiger partial charge in [0.05, 0.1) is 11.5 Å². The van der Waals surface area contributed by atoms with E-state index in [1.165, 1.54) is 27.8 Å². The van der Waals surface area contributed by atoms with Crippen LogP contribution in [0.3, 0.4) is 0 Å². The molecule has 0 saturated carbocycles. The van der Waals surface area contributed by atoms with E-state index < -0.39 is 9.84 Å². The number of sulfone groups is 1. The fourth-order valence-corrected chi connectivity index (χ4v) is 5.26. The summed E-state index contributed by atoms with van der Waals surface area (Å²) < 4.78 is 23.5. The van der Waals surface area contributed by atoms with Crippen molar-refractivity contribution in [1.29, 1.82) is 0 Å². The minimum atomic E-state index is -2.84. The second kappa shape index (κ2) is 5.49. The van der Waals surface area contributed by atoms with Crippen LogP contribution in [0.1, 0.15) is 40.3 Å². The molecule has 112 valence electrons. The Bertz CT molecular complexity index is 594. The van der Waals surface area contributed by atoms with Crippen LogP contribution >= 0.6 is 0 Å². The number of hydrogen-bond acceptors (Lipinski definition) is 3. The molecular weight excluding hydrogens is 270 g/mol. The van der Waals surface area contributed by atoms with Gasteiger partial charge in [-0.1, -0.05) is 6.07 Å². The Morgan fingerprint density at radius 3 is 2.10 bits per heavy atom. The van der Waals surface area contributed by atoms with Crippen molar-refractivity contribution >= 4 is 9.84 Å². The molecule has 0 bridgehead atoms. The molecule has 1 saturated heterocycles. The highest BCUT2D eigenvalue weighted by atomic mass is 32.2. The number of hydrogen-bond donors (Lipinski definition) is 1. The highest BCUT2D eigenvalue weighted by Crippen LogP contribution is 2.36. The zero-order chi connectivity index (χ0) is 15.1. The van der Waals surface area contributed by atoms with Gasteiger partial charge in [0.25, 0.3) is 0 Å². The maximum atomic E-state index is 11.8. The molecule has 0 amide bonds. The zero-order valence-electron chi connectivity index (χ0n) is 13.1. The van der Waals surface area contributed by atoms with E-state index in [0.29, 0.717) is 11.5 Å². The monoisotopic (exact) mass is 295 g/mol. The molecule has 2 atom stereocenters. The Hall–Kier alpha value is -0.870. The fourth-order valence-electron chi connectivity index (χ4n) is 3.42. The molecule has 0 aromatic heterocycles. The third-order valence-electron chi connectivity index (χ3n) is 4.79. The molecule has 0 spiro atoms. The number of aryl methyl sites for hydroxylation is 2.